The quantitative estimate of drug-likeness (QED) is 0.712. The number of para-hydroxylation sites is 2. The first-order valence-corrected chi connectivity index (χ1v) is 6.51. The molecular weight excluding hydrogens is 242 g/mol. The Kier molecular flexibility index (Phi) is 3.78. The highest BCUT2D eigenvalue weighted by Gasteiger charge is 2.35. The van der Waals surface area contributed by atoms with Gasteiger partial charge in [-0.15, -0.1) is 0 Å². The summed E-state index contributed by atoms with van der Waals surface area (Å²) in [4.78, 5) is 14.2. The third-order valence-corrected chi connectivity index (χ3v) is 3.63. The van der Waals surface area contributed by atoms with Gasteiger partial charge in [0.05, 0.1) is 23.0 Å². The van der Waals surface area contributed by atoms with Crippen molar-refractivity contribution in [3.8, 4) is 0 Å². The lowest BCUT2D eigenvalue weighted by Gasteiger charge is -2.24. The van der Waals surface area contributed by atoms with Crippen LogP contribution in [-0.2, 0) is 4.79 Å². The fourth-order valence-electron chi connectivity index (χ4n) is 2.32. The van der Waals surface area contributed by atoms with Crippen LogP contribution in [-0.4, -0.2) is 40.6 Å². The van der Waals surface area contributed by atoms with E-state index >= 15 is 0 Å². The summed E-state index contributed by atoms with van der Waals surface area (Å²) in [7, 11) is 0. The first-order chi connectivity index (χ1) is 8.89. The van der Waals surface area contributed by atoms with Crippen molar-refractivity contribution in [1.29, 1.82) is 0 Å². The minimum atomic E-state index is -0.694. The number of nitrogens with two attached hydrogens (primary N) is 1. The molecule has 1 heterocycles. The molecule has 1 saturated heterocycles. The Morgan fingerprint density at radius 1 is 1.53 bits per heavy atom. The third-order valence-electron chi connectivity index (χ3n) is 3.63. The summed E-state index contributed by atoms with van der Waals surface area (Å²) in [5, 5.41) is 12.8. The SMILES string of the molecule is CC(C(=O)Nc1ccccc1N)N1CCC(C)(O)C1. The largest absolute Gasteiger partial charge is 0.397 e. The van der Waals surface area contributed by atoms with E-state index < -0.39 is 5.60 Å². The molecule has 0 saturated carbocycles. The first kappa shape index (κ1) is 13.8. The van der Waals surface area contributed by atoms with Crippen molar-refractivity contribution in [3.63, 3.8) is 0 Å². The fourth-order valence-corrected chi connectivity index (χ4v) is 2.32. The second-order valence-corrected chi connectivity index (χ2v) is 5.47. The highest BCUT2D eigenvalue weighted by Crippen LogP contribution is 2.23. The van der Waals surface area contributed by atoms with Gasteiger partial charge in [-0.2, -0.15) is 0 Å². The predicted octanol–water partition coefficient (Wildman–Crippen LogP) is 1.05. The Labute approximate surface area is 113 Å². The van der Waals surface area contributed by atoms with Crippen LogP contribution in [0.5, 0.6) is 0 Å². The van der Waals surface area contributed by atoms with E-state index in [1.807, 2.05) is 24.0 Å². The molecule has 19 heavy (non-hydrogen) atoms. The van der Waals surface area contributed by atoms with Crippen molar-refractivity contribution >= 4 is 17.3 Å². The van der Waals surface area contributed by atoms with Gasteiger partial charge in [0.1, 0.15) is 0 Å². The van der Waals surface area contributed by atoms with Gasteiger partial charge in [-0.1, -0.05) is 12.1 Å². The third kappa shape index (κ3) is 3.24. The number of anilines is 2. The van der Waals surface area contributed by atoms with E-state index in [4.69, 9.17) is 5.73 Å². The van der Waals surface area contributed by atoms with Crippen LogP contribution in [0.2, 0.25) is 0 Å². The van der Waals surface area contributed by atoms with Crippen LogP contribution < -0.4 is 11.1 Å². The van der Waals surface area contributed by atoms with Crippen molar-refractivity contribution in [2.24, 2.45) is 0 Å². The zero-order valence-corrected chi connectivity index (χ0v) is 11.4. The molecule has 1 amide bonds. The van der Waals surface area contributed by atoms with Crippen molar-refractivity contribution in [2.75, 3.05) is 24.1 Å². The number of likely N-dealkylation sites (tertiary alicyclic amines) is 1. The number of nitrogen functional groups attached to an aromatic ring is 1. The van der Waals surface area contributed by atoms with Crippen LogP contribution in [0.3, 0.4) is 0 Å². The smallest absolute Gasteiger partial charge is 0.241 e. The molecule has 1 fully saturated rings. The summed E-state index contributed by atoms with van der Waals surface area (Å²) in [6.45, 7) is 4.89. The van der Waals surface area contributed by atoms with Gasteiger partial charge < -0.3 is 16.2 Å². The second-order valence-electron chi connectivity index (χ2n) is 5.47. The van der Waals surface area contributed by atoms with E-state index in [1.54, 1.807) is 19.1 Å². The van der Waals surface area contributed by atoms with Crippen molar-refractivity contribution < 1.29 is 9.90 Å². The van der Waals surface area contributed by atoms with Crippen molar-refractivity contribution in [1.82, 2.24) is 4.90 Å². The highest BCUT2D eigenvalue weighted by molar-refractivity contribution is 5.97. The number of amides is 1. The number of benzene rings is 1. The Hall–Kier alpha value is -1.59. The summed E-state index contributed by atoms with van der Waals surface area (Å²) in [6, 6.07) is 6.90. The zero-order valence-electron chi connectivity index (χ0n) is 11.4. The van der Waals surface area contributed by atoms with E-state index in [0.717, 1.165) is 6.54 Å². The molecule has 1 aromatic rings. The molecular formula is C14H21N3O2. The number of hydrogen-bond donors (Lipinski definition) is 3. The minimum Gasteiger partial charge on any atom is -0.397 e. The van der Waals surface area contributed by atoms with Crippen LogP contribution in [0.4, 0.5) is 11.4 Å². The Bertz CT molecular complexity index is 474. The molecule has 2 unspecified atom stereocenters. The molecule has 104 valence electrons. The Morgan fingerprint density at radius 2 is 2.21 bits per heavy atom. The number of rotatable bonds is 3. The molecule has 0 aliphatic carbocycles. The average Bonchev–Trinajstić information content (AvgIpc) is 2.71. The van der Waals surface area contributed by atoms with Gasteiger partial charge in [0, 0.05) is 13.1 Å². The monoisotopic (exact) mass is 263 g/mol. The molecule has 0 bridgehead atoms. The number of nitrogens with one attached hydrogen (secondary N) is 1. The lowest BCUT2D eigenvalue weighted by atomic mass is 10.1. The maximum Gasteiger partial charge on any atom is 0.241 e. The highest BCUT2D eigenvalue weighted by atomic mass is 16.3. The first-order valence-electron chi connectivity index (χ1n) is 6.51. The summed E-state index contributed by atoms with van der Waals surface area (Å²) >= 11 is 0. The predicted molar refractivity (Wildman–Crippen MR) is 75.8 cm³/mol. The minimum absolute atomic E-state index is 0.101. The number of β-amino-alcohol motifs (C(OH)–C–C–N with tert-alkyl or cyclic N) is 1. The topological polar surface area (TPSA) is 78.6 Å². The van der Waals surface area contributed by atoms with Crippen LogP contribution in [0, 0.1) is 0 Å². The maximum absolute atomic E-state index is 12.2. The van der Waals surface area contributed by atoms with Crippen LogP contribution in [0.15, 0.2) is 24.3 Å². The zero-order chi connectivity index (χ0) is 14.0. The summed E-state index contributed by atoms with van der Waals surface area (Å²) in [6.07, 6.45) is 0.693. The fraction of sp³-hybridized carbons (Fsp3) is 0.500. The molecule has 4 N–H and O–H groups in total. The lowest BCUT2D eigenvalue weighted by molar-refractivity contribution is -0.120. The van der Waals surface area contributed by atoms with Gasteiger partial charge in [0.25, 0.3) is 0 Å². The number of nitrogens with zero attached hydrogens (tertiary/aromatic N) is 1. The van der Waals surface area contributed by atoms with E-state index in [0.29, 0.717) is 24.3 Å². The van der Waals surface area contributed by atoms with Crippen molar-refractivity contribution in [3.05, 3.63) is 24.3 Å². The number of carbonyl (C=O) groups excluding carboxylic acids is 1. The van der Waals surface area contributed by atoms with Gasteiger partial charge in [-0.05, 0) is 32.4 Å². The van der Waals surface area contributed by atoms with E-state index in [1.165, 1.54) is 0 Å². The number of aliphatic hydroxyl groups is 1. The molecule has 1 aliphatic rings. The normalized spacial score (nSPS) is 25.2. The van der Waals surface area contributed by atoms with E-state index in [-0.39, 0.29) is 11.9 Å². The molecule has 5 heteroatoms. The van der Waals surface area contributed by atoms with Gasteiger partial charge in [0.2, 0.25) is 5.91 Å². The Balaban J connectivity index is 1.99. The molecule has 0 radical (unpaired) electrons. The number of carbonyl (C=O) groups is 1. The van der Waals surface area contributed by atoms with Gasteiger partial charge in [-0.3, -0.25) is 9.69 Å². The Morgan fingerprint density at radius 3 is 2.79 bits per heavy atom. The summed E-state index contributed by atoms with van der Waals surface area (Å²) in [5.41, 5.74) is 6.29. The molecule has 1 aromatic carbocycles. The molecule has 2 atom stereocenters. The van der Waals surface area contributed by atoms with Crippen LogP contribution >= 0.6 is 0 Å². The summed E-state index contributed by atoms with van der Waals surface area (Å²) < 4.78 is 0. The van der Waals surface area contributed by atoms with Crippen molar-refractivity contribution in [2.45, 2.75) is 31.9 Å². The van der Waals surface area contributed by atoms with E-state index in [2.05, 4.69) is 5.32 Å². The summed E-state index contributed by atoms with van der Waals surface area (Å²) in [5.74, 6) is -0.101. The molecule has 1 aliphatic heterocycles. The molecule has 5 nitrogen and oxygen atoms in total. The molecule has 0 aromatic heterocycles. The van der Waals surface area contributed by atoms with Gasteiger partial charge >= 0.3 is 0 Å². The lowest BCUT2D eigenvalue weighted by Crippen LogP contribution is -2.42. The van der Waals surface area contributed by atoms with Gasteiger partial charge in [0.15, 0.2) is 0 Å². The van der Waals surface area contributed by atoms with E-state index in [9.17, 15) is 9.90 Å². The molecule has 2 rings (SSSR count). The average molecular weight is 263 g/mol. The standard InChI is InChI=1S/C14H21N3O2/c1-10(17-8-7-14(2,19)9-17)13(18)16-12-6-4-3-5-11(12)15/h3-6,10,19H,7-9,15H2,1-2H3,(H,16,18). The maximum atomic E-state index is 12.2. The molecule has 0 spiro atoms. The number of hydrogen-bond acceptors (Lipinski definition) is 4. The van der Waals surface area contributed by atoms with Gasteiger partial charge in [-0.25, -0.2) is 0 Å². The van der Waals surface area contributed by atoms with Crippen LogP contribution in [0.25, 0.3) is 0 Å². The van der Waals surface area contributed by atoms with Crippen LogP contribution in [0.1, 0.15) is 20.3 Å². The second kappa shape index (κ2) is 5.19.